The second kappa shape index (κ2) is 10.2. The highest BCUT2D eigenvalue weighted by molar-refractivity contribution is 6.33. The number of benzene rings is 1. The molecule has 0 spiro atoms. The predicted molar refractivity (Wildman–Crippen MR) is 140 cm³/mol. The van der Waals surface area contributed by atoms with Crippen LogP contribution in [0.2, 0.25) is 5.02 Å². The van der Waals surface area contributed by atoms with E-state index in [0.29, 0.717) is 36.4 Å². The number of rotatable bonds is 5. The van der Waals surface area contributed by atoms with Crippen LogP contribution in [-0.4, -0.2) is 87.0 Å². The monoisotopic (exact) mass is 561 g/mol. The fourth-order valence-electron chi connectivity index (χ4n) is 5.56. The zero-order valence-electron chi connectivity index (χ0n) is 22.7. The Morgan fingerprint density at radius 3 is 2.97 bits per heavy atom. The van der Waals surface area contributed by atoms with Crippen molar-refractivity contribution in [1.82, 2.24) is 24.4 Å². The first-order valence-corrected chi connectivity index (χ1v) is 13.2. The first-order chi connectivity index (χ1) is 19.2. The average Bonchev–Trinajstić information content (AvgIpc) is 3.68. The van der Waals surface area contributed by atoms with E-state index >= 15 is 4.39 Å². The predicted octanol–water partition coefficient (Wildman–Crippen LogP) is 3.71. The van der Waals surface area contributed by atoms with Crippen molar-refractivity contribution in [2.45, 2.75) is 63.2 Å². The van der Waals surface area contributed by atoms with E-state index in [0.717, 1.165) is 0 Å². The average molecular weight is 562 g/mol. The standard InChI is InChI=1S/C26H30ClFN6O5/c1-12(2)34-18-7-14(6-16(28)22(18)31-24(34)13-4-5-33(10-13)26(36)37-3)21-15(27)9-29-25(32-21)30-17-8-20-38-11-19(39-20)23(17)35/h6-7,9,12-13,17,19-20,23,35H,4-5,8,10-11H2,1-3H3,(H,29,30,32)/t13-,17?,19+,20+,23+/m1/s1/i8D/t8-,13+,17?,19-,20-,23-/m0. The summed E-state index contributed by atoms with van der Waals surface area (Å²) in [6, 6.07) is 2.36. The van der Waals surface area contributed by atoms with Gasteiger partial charge >= 0.3 is 6.09 Å². The fraction of sp³-hybridized carbons (Fsp3) is 0.538. The molecule has 6 atom stereocenters. The number of carbonyl (C=O) groups excluding carboxylic acids is 1. The van der Waals surface area contributed by atoms with Crippen LogP contribution in [0.3, 0.4) is 0 Å². The summed E-state index contributed by atoms with van der Waals surface area (Å²) in [7, 11) is 1.35. The molecule has 5 heterocycles. The summed E-state index contributed by atoms with van der Waals surface area (Å²) in [5, 5.41) is 13.9. The van der Waals surface area contributed by atoms with Crippen molar-refractivity contribution in [2.24, 2.45) is 0 Å². The van der Waals surface area contributed by atoms with Gasteiger partial charge in [0, 0.05) is 38.4 Å². The third-order valence-corrected chi connectivity index (χ3v) is 7.72. The van der Waals surface area contributed by atoms with Crippen molar-refractivity contribution in [3.63, 3.8) is 0 Å². The molecule has 2 bridgehead atoms. The molecule has 3 saturated heterocycles. The largest absolute Gasteiger partial charge is 0.453 e. The van der Waals surface area contributed by atoms with Crippen LogP contribution in [0.5, 0.6) is 0 Å². The van der Waals surface area contributed by atoms with Gasteiger partial charge < -0.3 is 34.1 Å². The molecule has 1 aromatic carbocycles. The molecule has 3 aliphatic rings. The van der Waals surface area contributed by atoms with Crippen molar-refractivity contribution < 1.29 is 29.9 Å². The van der Waals surface area contributed by atoms with Crippen molar-refractivity contribution >= 4 is 34.7 Å². The highest BCUT2D eigenvalue weighted by Gasteiger charge is 2.43. The molecule has 0 radical (unpaired) electrons. The van der Waals surface area contributed by atoms with Gasteiger partial charge in [0.25, 0.3) is 0 Å². The van der Waals surface area contributed by atoms with Crippen LogP contribution >= 0.6 is 11.6 Å². The molecule has 1 unspecified atom stereocenters. The minimum absolute atomic E-state index is 0.0403. The van der Waals surface area contributed by atoms with Crippen LogP contribution in [0.1, 0.15) is 45.8 Å². The molecule has 0 saturated carbocycles. The number of imidazole rings is 1. The van der Waals surface area contributed by atoms with Crippen LogP contribution in [0.15, 0.2) is 18.3 Å². The summed E-state index contributed by atoms with van der Waals surface area (Å²) >= 11 is 6.49. The van der Waals surface area contributed by atoms with Crippen molar-refractivity contribution in [2.75, 3.05) is 32.1 Å². The number of aromatic nitrogens is 4. The molecule has 0 aliphatic carbocycles. The van der Waals surface area contributed by atoms with Gasteiger partial charge in [0.05, 0.1) is 42.2 Å². The summed E-state index contributed by atoms with van der Waals surface area (Å²) in [5.74, 6) is 0.239. The number of halogens is 2. The van der Waals surface area contributed by atoms with Crippen LogP contribution in [0, 0.1) is 5.82 Å². The van der Waals surface area contributed by atoms with Gasteiger partial charge in [-0.15, -0.1) is 0 Å². The number of nitrogens with zero attached hydrogens (tertiary/aromatic N) is 5. The van der Waals surface area contributed by atoms with E-state index in [1.807, 2.05) is 18.4 Å². The highest BCUT2D eigenvalue weighted by atomic mass is 35.5. The second-order valence-corrected chi connectivity index (χ2v) is 10.7. The fourth-order valence-corrected chi connectivity index (χ4v) is 5.76. The first-order valence-electron chi connectivity index (χ1n) is 13.4. The lowest BCUT2D eigenvalue weighted by Gasteiger charge is -2.32. The molecular weight excluding hydrogens is 531 g/mol. The summed E-state index contributed by atoms with van der Waals surface area (Å²) in [5.41, 5.74) is 1.53. The topological polar surface area (TPSA) is 124 Å². The van der Waals surface area contributed by atoms with Crippen LogP contribution in [0.25, 0.3) is 22.3 Å². The van der Waals surface area contributed by atoms with Gasteiger partial charge in [0.15, 0.2) is 12.1 Å². The molecule has 3 fully saturated rings. The molecule has 3 aromatic rings. The van der Waals surface area contributed by atoms with Crippen molar-refractivity contribution in [3.8, 4) is 11.3 Å². The van der Waals surface area contributed by atoms with Gasteiger partial charge in [-0.05, 0) is 32.4 Å². The van der Waals surface area contributed by atoms with Gasteiger partial charge in [-0.25, -0.2) is 24.1 Å². The summed E-state index contributed by atoms with van der Waals surface area (Å²) in [4.78, 5) is 27.1. The number of hydrogen-bond acceptors (Lipinski definition) is 9. The first kappa shape index (κ1) is 24.9. The SMILES string of the molecule is [2H][C@H]1C(Nc2ncc(Cl)c(-c3cc(F)c4nc([C@@H]5CCN(C(=O)OC)C5)n(C(C)C)c4c3)n2)[C@H](O)[C@@H]2CO[C@H]1O2. The van der Waals surface area contributed by atoms with Gasteiger partial charge in [-0.3, -0.25) is 0 Å². The lowest BCUT2D eigenvalue weighted by molar-refractivity contribution is -0.123. The van der Waals surface area contributed by atoms with E-state index in [1.165, 1.54) is 19.4 Å². The number of aliphatic hydroxyl groups is 1. The van der Waals surface area contributed by atoms with E-state index in [2.05, 4.69) is 20.3 Å². The zero-order chi connectivity index (χ0) is 28.3. The number of carbonyl (C=O) groups is 1. The number of amides is 1. The van der Waals surface area contributed by atoms with E-state index in [-0.39, 0.29) is 40.7 Å². The summed E-state index contributed by atoms with van der Waals surface area (Å²) in [6.07, 6.45) is -1.51. The molecule has 208 valence electrons. The molecule has 13 heteroatoms. The number of anilines is 1. The van der Waals surface area contributed by atoms with E-state index < -0.39 is 42.8 Å². The number of fused-ring (bicyclic) bond motifs is 3. The minimum Gasteiger partial charge on any atom is -0.453 e. The molecule has 39 heavy (non-hydrogen) atoms. The molecule has 6 rings (SSSR count). The number of aliphatic hydroxyl groups excluding tert-OH is 1. The number of hydrogen-bond donors (Lipinski definition) is 2. The Bertz CT molecular complexity index is 1440. The Morgan fingerprint density at radius 2 is 2.21 bits per heavy atom. The Morgan fingerprint density at radius 1 is 1.38 bits per heavy atom. The van der Waals surface area contributed by atoms with E-state index in [4.69, 9.17) is 27.2 Å². The van der Waals surface area contributed by atoms with Gasteiger partial charge in [-0.2, -0.15) is 0 Å². The normalized spacial score (nSPS) is 28.8. The number of ether oxygens (including phenoxy) is 3. The Balaban J connectivity index is 1.35. The van der Waals surface area contributed by atoms with Gasteiger partial charge in [0.2, 0.25) is 5.95 Å². The van der Waals surface area contributed by atoms with Crippen LogP contribution < -0.4 is 5.32 Å². The maximum Gasteiger partial charge on any atom is 0.409 e. The Kier molecular flexibility index (Phi) is 6.50. The number of likely N-dealkylation sites (tertiary alicyclic amines) is 1. The number of nitrogens with one attached hydrogen (secondary N) is 1. The van der Waals surface area contributed by atoms with E-state index in [1.54, 1.807) is 11.0 Å². The lowest BCUT2D eigenvalue weighted by atomic mass is 10.0. The van der Waals surface area contributed by atoms with E-state index in [9.17, 15) is 9.90 Å². The molecule has 1 amide bonds. The van der Waals surface area contributed by atoms with Gasteiger partial charge in [0.1, 0.15) is 23.5 Å². The summed E-state index contributed by atoms with van der Waals surface area (Å²) < 4.78 is 41.8. The smallest absolute Gasteiger partial charge is 0.409 e. The molecule has 2 N–H and O–H groups in total. The zero-order valence-corrected chi connectivity index (χ0v) is 22.4. The molecule has 2 aromatic heterocycles. The summed E-state index contributed by atoms with van der Waals surface area (Å²) in [6.45, 7) is 5.17. The molecular formula is C26H30ClFN6O5. The number of methoxy groups -OCH3 is 1. The Labute approximate surface area is 230 Å². The van der Waals surface area contributed by atoms with Crippen LogP contribution in [0.4, 0.5) is 15.1 Å². The molecule has 3 aliphatic heterocycles. The Hall–Kier alpha value is -3.06. The van der Waals surface area contributed by atoms with Crippen molar-refractivity contribution in [3.05, 3.63) is 35.0 Å². The van der Waals surface area contributed by atoms with Crippen LogP contribution in [-0.2, 0) is 14.2 Å². The highest BCUT2D eigenvalue weighted by Crippen LogP contribution is 2.36. The molecule has 11 nitrogen and oxygen atoms in total. The quantitative estimate of drug-likeness (QED) is 0.479. The lowest BCUT2D eigenvalue weighted by Crippen LogP contribution is -2.48. The maximum absolute atomic E-state index is 15.6. The third-order valence-electron chi connectivity index (χ3n) is 7.44. The second-order valence-electron chi connectivity index (χ2n) is 10.3. The maximum atomic E-state index is 15.6. The van der Waals surface area contributed by atoms with Crippen molar-refractivity contribution in [1.29, 1.82) is 0 Å². The van der Waals surface area contributed by atoms with Gasteiger partial charge in [-0.1, -0.05) is 11.6 Å². The third kappa shape index (κ3) is 4.69. The minimum atomic E-state index is -0.998.